The van der Waals surface area contributed by atoms with Crippen molar-refractivity contribution in [2.75, 3.05) is 0 Å². The van der Waals surface area contributed by atoms with Gasteiger partial charge in [0.2, 0.25) is 0 Å². The van der Waals surface area contributed by atoms with Gasteiger partial charge in [-0.2, -0.15) is 9.13 Å². The first-order chi connectivity index (χ1) is 14.1. The third kappa shape index (κ3) is 3.90. The van der Waals surface area contributed by atoms with Gasteiger partial charge >= 0.3 is 6.01 Å². The van der Waals surface area contributed by atoms with E-state index in [1.807, 2.05) is 21.5 Å². The molecule has 1 N–H and O–H groups in total. The van der Waals surface area contributed by atoms with Gasteiger partial charge in [-0.05, 0) is 23.7 Å². The molecule has 0 saturated carbocycles. The highest BCUT2D eigenvalue weighted by atomic mass is 16.3. The van der Waals surface area contributed by atoms with Gasteiger partial charge < -0.3 is 5.11 Å². The van der Waals surface area contributed by atoms with Crippen molar-refractivity contribution in [3.05, 3.63) is 71.0 Å². The molecule has 0 saturated heterocycles. The molecule has 0 fully saturated rings. The minimum absolute atomic E-state index is 0.250. The molecule has 3 aromatic rings. The number of aromatic nitrogens is 2. The second-order valence-electron chi connectivity index (χ2n) is 9.53. The Hall–Kier alpha value is -2.55. The predicted octanol–water partition coefficient (Wildman–Crippen LogP) is 6.95. The Bertz CT molecular complexity index is 892. The highest BCUT2D eigenvalue weighted by molar-refractivity contribution is 5.52. The number of nitrogens with zero attached hydrogens (tertiary/aromatic N) is 2. The first-order valence-corrected chi connectivity index (χ1v) is 11.2. The van der Waals surface area contributed by atoms with Crippen LogP contribution in [0.15, 0.2) is 48.8 Å². The van der Waals surface area contributed by atoms with Gasteiger partial charge in [-0.25, -0.2) is 0 Å². The smallest absolute Gasteiger partial charge is 0.446 e. The van der Waals surface area contributed by atoms with Crippen LogP contribution < -0.4 is 4.57 Å². The fraction of sp³-hybridized carbons (Fsp3) is 0.444. The summed E-state index contributed by atoms with van der Waals surface area (Å²) >= 11 is 0. The minimum atomic E-state index is 0.250. The standard InChI is InChI=1S/C27H36N2O/c1-17(2)21-11-9-12-22(18(3)4)25(21)28-15-16-29(27(28)30)26-23(19(5)6)13-10-14-24(26)20(7)8/h9-20H,1-8H3/p+1. The Kier molecular flexibility index (Phi) is 6.40. The summed E-state index contributed by atoms with van der Waals surface area (Å²) in [6.45, 7) is 17.7. The van der Waals surface area contributed by atoms with Crippen LogP contribution in [0.25, 0.3) is 11.4 Å². The van der Waals surface area contributed by atoms with Gasteiger partial charge in [-0.3, -0.25) is 0 Å². The molecule has 1 heterocycles. The molecule has 0 aliphatic rings. The van der Waals surface area contributed by atoms with Crippen LogP contribution in [0, 0.1) is 0 Å². The number of benzene rings is 2. The average molecular weight is 406 g/mol. The molecular formula is C27H37N2O+. The second-order valence-corrected chi connectivity index (χ2v) is 9.53. The van der Waals surface area contributed by atoms with E-state index >= 15 is 0 Å². The quantitative estimate of drug-likeness (QED) is 0.442. The Morgan fingerprint density at radius 2 is 1.07 bits per heavy atom. The van der Waals surface area contributed by atoms with E-state index in [2.05, 4.69) is 91.8 Å². The maximum atomic E-state index is 11.5. The summed E-state index contributed by atoms with van der Waals surface area (Å²) in [5.41, 5.74) is 7.21. The first-order valence-electron chi connectivity index (χ1n) is 11.2. The predicted molar refractivity (Wildman–Crippen MR) is 125 cm³/mol. The number of imidazole rings is 1. The molecule has 3 heteroatoms. The maximum absolute atomic E-state index is 11.5. The Balaban J connectivity index is 2.32. The monoisotopic (exact) mass is 405 g/mol. The molecule has 0 unspecified atom stereocenters. The topological polar surface area (TPSA) is 29.0 Å². The van der Waals surface area contributed by atoms with E-state index in [0.29, 0.717) is 23.7 Å². The maximum Gasteiger partial charge on any atom is 0.464 e. The van der Waals surface area contributed by atoms with Gasteiger partial charge in [-0.1, -0.05) is 91.8 Å². The van der Waals surface area contributed by atoms with Crippen LogP contribution in [-0.4, -0.2) is 9.67 Å². The third-order valence-electron chi connectivity index (χ3n) is 5.96. The van der Waals surface area contributed by atoms with Crippen molar-refractivity contribution in [2.45, 2.75) is 79.1 Å². The first kappa shape index (κ1) is 22.1. The summed E-state index contributed by atoms with van der Waals surface area (Å²) in [6.07, 6.45) is 4.01. The molecule has 2 aromatic carbocycles. The minimum Gasteiger partial charge on any atom is -0.446 e. The Morgan fingerprint density at radius 1 is 0.667 bits per heavy atom. The summed E-state index contributed by atoms with van der Waals surface area (Å²) in [7, 11) is 0. The molecule has 3 nitrogen and oxygen atoms in total. The number of rotatable bonds is 6. The fourth-order valence-electron chi connectivity index (χ4n) is 4.31. The molecule has 0 radical (unpaired) electrons. The van der Waals surface area contributed by atoms with Crippen LogP contribution >= 0.6 is 0 Å². The van der Waals surface area contributed by atoms with Gasteiger partial charge in [0.15, 0.2) is 0 Å². The molecule has 0 atom stereocenters. The number of para-hydroxylation sites is 2. The summed E-state index contributed by atoms with van der Waals surface area (Å²) in [4.78, 5) is 0. The van der Waals surface area contributed by atoms with E-state index in [1.165, 1.54) is 22.3 Å². The van der Waals surface area contributed by atoms with Gasteiger partial charge in [0.25, 0.3) is 0 Å². The van der Waals surface area contributed by atoms with Crippen molar-refractivity contribution < 1.29 is 9.67 Å². The lowest BCUT2D eigenvalue weighted by Gasteiger charge is -2.18. The molecule has 0 aliphatic carbocycles. The second kappa shape index (κ2) is 8.67. The molecule has 160 valence electrons. The van der Waals surface area contributed by atoms with Crippen molar-refractivity contribution in [3.63, 3.8) is 0 Å². The molecule has 0 aliphatic heterocycles. The molecule has 0 spiro atoms. The normalized spacial score (nSPS) is 12.0. The largest absolute Gasteiger partial charge is 0.464 e. The number of hydrogen-bond donors (Lipinski definition) is 1. The average Bonchev–Trinajstić information content (AvgIpc) is 3.07. The molecule has 0 bridgehead atoms. The van der Waals surface area contributed by atoms with Crippen molar-refractivity contribution in [1.82, 2.24) is 4.57 Å². The van der Waals surface area contributed by atoms with Crippen molar-refractivity contribution in [1.29, 1.82) is 0 Å². The Morgan fingerprint density at radius 3 is 1.47 bits per heavy atom. The lowest BCUT2D eigenvalue weighted by atomic mass is 9.92. The van der Waals surface area contributed by atoms with E-state index in [0.717, 1.165) is 11.4 Å². The molecule has 1 aromatic heterocycles. The number of hydrogen-bond acceptors (Lipinski definition) is 1. The highest BCUT2D eigenvalue weighted by Gasteiger charge is 2.29. The molecule has 30 heavy (non-hydrogen) atoms. The molecule has 0 amide bonds. The van der Waals surface area contributed by atoms with Crippen molar-refractivity contribution >= 4 is 0 Å². The lowest BCUT2D eigenvalue weighted by Crippen LogP contribution is -2.32. The van der Waals surface area contributed by atoms with E-state index in [1.54, 1.807) is 0 Å². The summed E-state index contributed by atoms with van der Waals surface area (Å²) in [6, 6.07) is 13.2. The SMILES string of the molecule is CC(C)c1cccc(C(C)C)c1-n1cc[n+](-c2c(C(C)C)cccc2C(C)C)c1O. The van der Waals surface area contributed by atoms with Crippen molar-refractivity contribution in [3.8, 4) is 17.4 Å². The third-order valence-corrected chi connectivity index (χ3v) is 5.96. The summed E-state index contributed by atoms with van der Waals surface area (Å²) in [5.74, 6) is 1.46. The van der Waals surface area contributed by atoms with Gasteiger partial charge in [-0.15, -0.1) is 0 Å². The fourth-order valence-corrected chi connectivity index (χ4v) is 4.31. The van der Waals surface area contributed by atoms with Crippen LogP contribution in [0.5, 0.6) is 6.01 Å². The van der Waals surface area contributed by atoms with Crippen LogP contribution in [0.1, 0.15) is 101 Å². The highest BCUT2D eigenvalue weighted by Crippen LogP contribution is 2.34. The van der Waals surface area contributed by atoms with E-state index in [-0.39, 0.29) is 6.01 Å². The van der Waals surface area contributed by atoms with Crippen molar-refractivity contribution in [2.24, 2.45) is 0 Å². The van der Waals surface area contributed by atoms with Gasteiger partial charge in [0.1, 0.15) is 23.8 Å². The van der Waals surface area contributed by atoms with E-state index < -0.39 is 0 Å². The van der Waals surface area contributed by atoms with E-state index in [9.17, 15) is 5.11 Å². The zero-order valence-corrected chi connectivity index (χ0v) is 19.8. The zero-order chi connectivity index (χ0) is 22.2. The van der Waals surface area contributed by atoms with Gasteiger partial charge in [0, 0.05) is 22.3 Å². The molecule has 3 rings (SSSR count). The van der Waals surface area contributed by atoms with Crippen LogP contribution in [0.4, 0.5) is 0 Å². The van der Waals surface area contributed by atoms with E-state index in [4.69, 9.17) is 0 Å². The summed E-state index contributed by atoms with van der Waals surface area (Å²) < 4.78 is 3.93. The number of aromatic hydroxyl groups is 1. The summed E-state index contributed by atoms with van der Waals surface area (Å²) in [5, 5.41) is 11.5. The van der Waals surface area contributed by atoms with Crippen LogP contribution in [-0.2, 0) is 0 Å². The Labute approximate surface area is 182 Å². The van der Waals surface area contributed by atoms with Crippen LogP contribution in [0.3, 0.4) is 0 Å². The van der Waals surface area contributed by atoms with Gasteiger partial charge in [0.05, 0.1) is 0 Å². The molecular weight excluding hydrogens is 368 g/mol. The lowest BCUT2D eigenvalue weighted by molar-refractivity contribution is -0.604. The zero-order valence-electron chi connectivity index (χ0n) is 19.8. The van der Waals surface area contributed by atoms with Crippen LogP contribution in [0.2, 0.25) is 0 Å².